The number of halogens is 2. The van der Waals surface area contributed by atoms with Crippen LogP contribution in [0.2, 0.25) is 0 Å². The fourth-order valence-electron chi connectivity index (χ4n) is 2.56. The Morgan fingerprint density at radius 2 is 2.09 bits per heavy atom. The van der Waals surface area contributed by atoms with Gasteiger partial charge in [-0.3, -0.25) is 4.52 Å². The summed E-state index contributed by atoms with van der Waals surface area (Å²) in [5.74, 6) is -1.35. The Morgan fingerprint density at radius 3 is 2.75 bits per heavy atom. The molecular weight excluding hydrogens is 495 g/mol. The molecule has 1 atom stereocenters. The van der Waals surface area contributed by atoms with Crippen molar-refractivity contribution in [2.45, 2.75) is 32.4 Å². The summed E-state index contributed by atoms with van der Waals surface area (Å²) in [7, 11) is 0. The number of aliphatic hydroxyl groups excluding tert-OH is 1. The molecule has 3 aromatic rings. The molecule has 0 bridgehead atoms. The molecule has 0 aliphatic heterocycles. The molecule has 0 radical (unpaired) electrons. The normalized spacial score (nSPS) is 12.4. The zero-order valence-corrected chi connectivity index (χ0v) is 18.8. The number of aliphatic hydroxyl groups is 1. The van der Waals surface area contributed by atoms with Gasteiger partial charge in [-0.05, 0) is 65.2 Å². The number of amides is 1. The van der Waals surface area contributed by atoms with Crippen LogP contribution in [0.1, 0.15) is 20.8 Å². The molecule has 1 amide bonds. The van der Waals surface area contributed by atoms with Crippen LogP contribution in [0.25, 0.3) is 17.2 Å². The average Bonchev–Trinajstić information content (AvgIpc) is 3.32. The van der Waals surface area contributed by atoms with E-state index >= 15 is 0 Å². The van der Waals surface area contributed by atoms with E-state index < -0.39 is 35.9 Å². The second-order valence-electron chi connectivity index (χ2n) is 7.57. The minimum Gasteiger partial charge on any atom is -0.444 e. The first-order valence-corrected chi connectivity index (χ1v) is 10.1. The molecule has 2 heterocycles. The van der Waals surface area contributed by atoms with E-state index in [1.165, 1.54) is 12.1 Å². The molecular formula is C18H20BrFN6O6. The number of ether oxygens (including phenoxy) is 1. The number of anilines is 1. The van der Waals surface area contributed by atoms with Gasteiger partial charge in [0.2, 0.25) is 11.6 Å². The van der Waals surface area contributed by atoms with Gasteiger partial charge in [0, 0.05) is 6.54 Å². The highest BCUT2D eigenvalue weighted by Gasteiger charge is 2.24. The second kappa shape index (κ2) is 9.48. The van der Waals surface area contributed by atoms with Crippen molar-refractivity contribution in [2.24, 2.45) is 0 Å². The molecule has 3 N–H and O–H groups in total. The monoisotopic (exact) mass is 514 g/mol. The third-order valence-electron chi connectivity index (χ3n) is 3.92. The first-order chi connectivity index (χ1) is 15.1. The fraction of sp³-hybridized carbons (Fsp3) is 0.389. The summed E-state index contributed by atoms with van der Waals surface area (Å²) in [6.45, 7) is 4.75. The van der Waals surface area contributed by atoms with Crippen molar-refractivity contribution in [2.75, 3.05) is 18.5 Å². The standard InChI is InChI=1S/C18H20BrFN6O6/c1-18(2,3)30-16(28)22-9(8-27)7-21-14-13(23-32-24-14)15-25-31-17(29)26(15)10-4-5-12(20)11(19)6-10/h4-6,9,27H,7-8H2,1-3H3,(H,21,24)(H,22,28). The summed E-state index contributed by atoms with van der Waals surface area (Å²) in [6, 6.07) is 3.15. The minimum absolute atomic E-state index is 0.0150. The maximum absolute atomic E-state index is 13.6. The second-order valence-corrected chi connectivity index (χ2v) is 8.43. The number of carbonyl (C=O) groups is 1. The van der Waals surface area contributed by atoms with E-state index in [0.717, 1.165) is 10.6 Å². The molecule has 0 saturated carbocycles. The molecule has 0 spiro atoms. The Hall–Kier alpha value is -3.26. The van der Waals surface area contributed by atoms with E-state index in [-0.39, 0.29) is 34.0 Å². The van der Waals surface area contributed by atoms with Gasteiger partial charge in [0.15, 0.2) is 5.69 Å². The van der Waals surface area contributed by atoms with E-state index in [0.29, 0.717) is 0 Å². The maximum atomic E-state index is 13.6. The number of hydrogen-bond donors (Lipinski definition) is 3. The zero-order valence-electron chi connectivity index (χ0n) is 17.3. The average molecular weight is 515 g/mol. The molecule has 0 aliphatic rings. The van der Waals surface area contributed by atoms with Gasteiger partial charge in [0.1, 0.15) is 11.4 Å². The first-order valence-electron chi connectivity index (χ1n) is 9.30. The van der Waals surface area contributed by atoms with E-state index in [1.807, 2.05) is 0 Å². The molecule has 2 aromatic heterocycles. The predicted octanol–water partition coefficient (Wildman–Crippen LogP) is 2.07. The summed E-state index contributed by atoms with van der Waals surface area (Å²) in [5.41, 5.74) is -0.425. The van der Waals surface area contributed by atoms with Gasteiger partial charge in [0.25, 0.3) is 0 Å². The van der Waals surface area contributed by atoms with Crippen LogP contribution in [0.15, 0.2) is 36.6 Å². The van der Waals surface area contributed by atoms with Crippen molar-refractivity contribution in [3.05, 3.63) is 39.0 Å². The van der Waals surface area contributed by atoms with Gasteiger partial charge in [-0.1, -0.05) is 5.16 Å². The van der Waals surface area contributed by atoms with Gasteiger partial charge in [0.05, 0.1) is 22.8 Å². The summed E-state index contributed by atoms with van der Waals surface area (Å²) < 4.78 is 29.4. The largest absolute Gasteiger partial charge is 0.446 e. The molecule has 3 rings (SSSR count). The molecule has 172 valence electrons. The van der Waals surface area contributed by atoms with E-state index in [1.54, 1.807) is 20.8 Å². The summed E-state index contributed by atoms with van der Waals surface area (Å²) in [5, 5.41) is 26.1. The summed E-state index contributed by atoms with van der Waals surface area (Å²) in [6.07, 6.45) is -0.705. The van der Waals surface area contributed by atoms with Gasteiger partial charge in [-0.2, -0.15) is 0 Å². The molecule has 0 saturated heterocycles. The highest BCUT2D eigenvalue weighted by molar-refractivity contribution is 9.10. The third-order valence-corrected chi connectivity index (χ3v) is 4.53. The zero-order chi connectivity index (χ0) is 23.5. The Morgan fingerprint density at radius 1 is 1.34 bits per heavy atom. The number of carbonyl (C=O) groups excluding carboxylic acids is 1. The molecule has 0 aliphatic carbocycles. The SMILES string of the molecule is CC(C)(C)OC(=O)NC(CO)CNc1nonc1-c1noc(=O)n1-c1ccc(F)c(Br)c1. The lowest BCUT2D eigenvalue weighted by Gasteiger charge is -2.22. The van der Waals surface area contributed by atoms with Crippen LogP contribution in [0.4, 0.5) is 15.0 Å². The maximum Gasteiger partial charge on any atom is 0.446 e. The molecule has 14 heteroatoms. The number of nitrogens with one attached hydrogen (secondary N) is 2. The molecule has 1 aromatic carbocycles. The van der Waals surface area contributed by atoms with Crippen LogP contribution < -0.4 is 16.4 Å². The number of nitrogens with zero attached hydrogens (tertiary/aromatic N) is 4. The van der Waals surface area contributed by atoms with Crippen molar-refractivity contribution in [1.29, 1.82) is 0 Å². The summed E-state index contributed by atoms with van der Waals surface area (Å²) in [4.78, 5) is 24.1. The summed E-state index contributed by atoms with van der Waals surface area (Å²) >= 11 is 3.06. The lowest BCUT2D eigenvalue weighted by molar-refractivity contribution is 0.0487. The Balaban J connectivity index is 1.80. The number of aromatic nitrogens is 4. The van der Waals surface area contributed by atoms with Gasteiger partial charge in [-0.15, -0.1) is 0 Å². The molecule has 12 nitrogen and oxygen atoms in total. The Bertz CT molecular complexity index is 1150. The van der Waals surface area contributed by atoms with Crippen LogP contribution in [0, 0.1) is 5.82 Å². The highest BCUT2D eigenvalue weighted by atomic mass is 79.9. The lowest BCUT2D eigenvalue weighted by Crippen LogP contribution is -2.44. The lowest BCUT2D eigenvalue weighted by atomic mass is 10.2. The van der Waals surface area contributed by atoms with Crippen LogP contribution >= 0.6 is 15.9 Å². The van der Waals surface area contributed by atoms with Crippen molar-refractivity contribution < 1.29 is 28.2 Å². The number of rotatable bonds is 7. The third kappa shape index (κ3) is 5.50. The molecule has 0 fully saturated rings. The highest BCUT2D eigenvalue weighted by Crippen LogP contribution is 2.26. The smallest absolute Gasteiger partial charge is 0.444 e. The number of alkyl carbamates (subject to hydrolysis) is 1. The number of benzene rings is 1. The van der Waals surface area contributed by atoms with E-state index in [4.69, 9.17) is 13.9 Å². The van der Waals surface area contributed by atoms with Crippen molar-refractivity contribution in [1.82, 2.24) is 25.4 Å². The topological polar surface area (TPSA) is 158 Å². The Labute approximate surface area is 188 Å². The van der Waals surface area contributed by atoms with Crippen molar-refractivity contribution in [3.8, 4) is 17.2 Å². The van der Waals surface area contributed by atoms with Crippen molar-refractivity contribution in [3.63, 3.8) is 0 Å². The predicted molar refractivity (Wildman–Crippen MR) is 112 cm³/mol. The van der Waals surface area contributed by atoms with Gasteiger partial charge in [-0.25, -0.2) is 23.2 Å². The Kier molecular flexibility index (Phi) is 6.93. The fourth-order valence-corrected chi connectivity index (χ4v) is 2.92. The quantitative estimate of drug-likeness (QED) is 0.426. The van der Waals surface area contributed by atoms with Crippen LogP contribution in [0.5, 0.6) is 0 Å². The van der Waals surface area contributed by atoms with E-state index in [9.17, 15) is 19.1 Å². The van der Waals surface area contributed by atoms with Gasteiger partial charge >= 0.3 is 11.8 Å². The van der Waals surface area contributed by atoms with Crippen LogP contribution in [-0.2, 0) is 4.74 Å². The minimum atomic E-state index is -0.840. The molecule has 1 unspecified atom stereocenters. The molecule has 32 heavy (non-hydrogen) atoms. The first kappa shape index (κ1) is 23.4. The van der Waals surface area contributed by atoms with Gasteiger partial charge < -0.3 is 20.5 Å². The van der Waals surface area contributed by atoms with Crippen molar-refractivity contribution >= 4 is 27.8 Å². The van der Waals surface area contributed by atoms with E-state index in [2.05, 4.69) is 42.0 Å². The number of hydrogen-bond acceptors (Lipinski definition) is 10. The van der Waals surface area contributed by atoms with Crippen LogP contribution in [-0.4, -0.2) is 56.0 Å². The van der Waals surface area contributed by atoms with Crippen LogP contribution in [0.3, 0.4) is 0 Å².